The maximum absolute atomic E-state index is 4.50. The number of rotatable bonds is 5. The average Bonchev–Trinajstić information content (AvgIpc) is 2.23. The van der Waals surface area contributed by atoms with Gasteiger partial charge in [-0.3, -0.25) is 0 Å². The SMILES string of the molecule is CCc1nccc(CCSCC(C)(C)C)n1. The Labute approximate surface area is 103 Å². The highest BCUT2D eigenvalue weighted by Gasteiger charge is 2.09. The fraction of sp³-hybridized carbons (Fsp3) is 0.692. The van der Waals surface area contributed by atoms with Gasteiger partial charge in [-0.2, -0.15) is 11.8 Å². The minimum Gasteiger partial charge on any atom is -0.241 e. The first-order chi connectivity index (χ1) is 7.51. The second-order valence-corrected chi connectivity index (χ2v) is 6.29. The van der Waals surface area contributed by atoms with Crippen molar-refractivity contribution >= 4 is 11.8 Å². The van der Waals surface area contributed by atoms with Crippen molar-refractivity contribution in [3.63, 3.8) is 0 Å². The highest BCUT2D eigenvalue weighted by Crippen LogP contribution is 2.20. The van der Waals surface area contributed by atoms with Crippen LogP contribution in [0.3, 0.4) is 0 Å². The molecule has 3 heteroatoms. The molecule has 0 aliphatic rings. The number of aromatic nitrogens is 2. The first-order valence-electron chi connectivity index (χ1n) is 5.90. The Morgan fingerprint density at radius 3 is 2.69 bits per heavy atom. The van der Waals surface area contributed by atoms with Gasteiger partial charge < -0.3 is 0 Å². The van der Waals surface area contributed by atoms with E-state index in [9.17, 15) is 0 Å². The molecule has 1 rings (SSSR count). The maximum atomic E-state index is 4.50. The van der Waals surface area contributed by atoms with Crippen molar-refractivity contribution in [1.29, 1.82) is 0 Å². The molecule has 1 aromatic heterocycles. The lowest BCUT2D eigenvalue weighted by molar-refractivity contribution is 0.481. The second-order valence-electron chi connectivity index (χ2n) is 5.18. The monoisotopic (exact) mass is 238 g/mol. The lowest BCUT2D eigenvalue weighted by Crippen LogP contribution is -2.09. The van der Waals surface area contributed by atoms with E-state index in [1.807, 2.05) is 24.0 Å². The van der Waals surface area contributed by atoms with Crippen LogP contribution < -0.4 is 0 Å². The predicted octanol–water partition coefficient (Wildman–Crippen LogP) is 3.36. The molecule has 90 valence electrons. The number of hydrogen-bond acceptors (Lipinski definition) is 3. The molecule has 0 aromatic carbocycles. The smallest absolute Gasteiger partial charge is 0.128 e. The summed E-state index contributed by atoms with van der Waals surface area (Å²) in [6, 6.07) is 2.02. The van der Waals surface area contributed by atoms with Crippen LogP contribution in [-0.4, -0.2) is 21.5 Å². The van der Waals surface area contributed by atoms with Crippen molar-refractivity contribution in [1.82, 2.24) is 9.97 Å². The lowest BCUT2D eigenvalue weighted by Gasteiger charge is -2.16. The van der Waals surface area contributed by atoms with E-state index in [2.05, 4.69) is 37.7 Å². The van der Waals surface area contributed by atoms with E-state index in [-0.39, 0.29) is 0 Å². The van der Waals surface area contributed by atoms with E-state index in [0.29, 0.717) is 5.41 Å². The van der Waals surface area contributed by atoms with Crippen LogP contribution in [0, 0.1) is 5.41 Å². The van der Waals surface area contributed by atoms with Gasteiger partial charge in [0.25, 0.3) is 0 Å². The fourth-order valence-corrected chi connectivity index (χ4v) is 2.42. The van der Waals surface area contributed by atoms with Gasteiger partial charge in [0.1, 0.15) is 5.82 Å². The van der Waals surface area contributed by atoms with Crippen LogP contribution in [0.2, 0.25) is 0 Å². The fourth-order valence-electron chi connectivity index (χ4n) is 1.31. The molecule has 0 fully saturated rings. The predicted molar refractivity (Wildman–Crippen MR) is 71.9 cm³/mol. The molecule has 16 heavy (non-hydrogen) atoms. The van der Waals surface area contributed by atoms with Gasteiger partial charge in [0.15, 0.2) is 0 Å². The molecule has 0 saturated heterocycles. The molecule has 0 atom stereocenters. The van der Waals surface area contributed by atoms with Crippen LogP contribution in [0.15, 0.2) is 12.3 Å². The van der Waals surface area contributed by atoms with Crippen molar-refractivity contribution in [2.45, 2.75) is 40.5 Å². The van der Waals surface area contributed by atoms with E-state index in [1.165, 1.54) is 11.4 Å². The van der Waals surface area contributed by atoms with Crippen LogP contribution >= 0.6 is 11.8 Å². The van der Waals surface area contributed by atoms with Crippen molar-refractivity contribution in [3.8, 4) is 0 Å². The van der Waals surface area contributed by atoms with Gasteiger partial charge in [-0.05, 0) is 29.4 Å². The zero-order valence-electron chi connectivity index (χ0n) is 10.8. The molecular weight excluding hydrogens is 216 g/mol. The molecule has 0 bridgehead atoms. The zero-order chi connectivity index (χ0) is 12.0. The highest BCUT2D eigenvalue weighted by molar-refractivity contribution is 7.99. The first kappa shape index (κ1) is 13.5. The van der Waals surface area contributed by atoms with Crippen LogP contribution in [0.4, 0.5) is 0 Å². The normalized spacial score (nSPS) is 11.8. The van der Waals surface area contributed by atoms with Gasteiger partial charge in [-0.25, -0.2) is 9.97 Å². The van der Waals surface area contributed by atoms with Gasteiger partial charge in [-0.1, -0.05) is 27.7 Å². The van der Waals surface area contributed by atoms with Crippen LogP contribution in [0.25, 0.3) is 0 Å². The minimum absolute atomic E-state index is 0.422. The van der Waals surface area contributed by atoms with Crippen molar-refractivity contribution in [2.75, 3.05) is 11.5 Å². The Morgan fingerprint density at radius 2 is 2.06 bits per heavy atom. The summed E-state index contributed by atoms with van der Waals surface area (Å²) in [5, 5.41) is 0. The highest BCUT2D eigenvalue weighted by atomic mass is 32.2. The summed E-state index contributed by atoms with van der Waals surface area (Å²) in [4.78, 5) is 8.71. The van der Waals surface area contributed by atoms with E-state index in [4.69, 9.17) is 0 Å². The molecule has 0 spiro atoms. The standard InChI is InChI=1S/C13H22N2S/c1-5-12-14-8-6-11(15-12)7-9-16-10-13(2,3)4/h6,8H,5,7,9-10H2,1-4H3. The summed E-state index contributed by atoms with van der Waals surface area (Å²) in [6.07, 6.45) is 3.84. The number of thioether (sulfide) groups is 1. The van der Waals surface area contributed by atoms with Crippen molar-refractivity contribution in [3.05, 3.63) is 23.8 Å². The topological polar surface area (TPSA) is 25.8 Å². The van der Waals surface area contributed by atoms with Crippen molar-refractivity contribution < 1.29 is 0 Å². The van der Waals surface area contributed by atoms with Gasteiger partial charge in [0.05, 0.1) is 0 Å². The molecule has 0 saturated carbocycles. The summed E-state index contributed by atoms with van der Waals surface area (Å²) < 4.78 is 0. The second kappa shape index (κ2) is 6.24. The summed E-state index contributed by atoms with van der Waals surface area (Å²) in [5.41, 5.74) is 1.60. The van der Waals surface area contributed by atoms with Gasteiger partial charge >= 0.3 is 0 Å². The Balaban J connectivity index is 2.32. The minimum atomic E-state index is 0.422. The largest absolute Gasteiger partial charge is 0.241 e. The van der Waals surface area contributed by atoms with Crippen LogP contribution in [0.1, 0.15) is 39.2 Å². The van der Waals surface area contributed by atoms with E-state index >= 15 is 0 Å². The van der Waals surface area contributed by atoms with E-state index < -0.39 is 0 Å². The first-order valence-corrected chi connectivity index (χ1v) is 7.05. The van der Waals surface area contributed by atoms with Gasteiger partial charge in [0, 0.05) is 18.3 Å². The molecule has 0 N–H and O–H groups in total. The third-order valence-electron chi connectivity index (χ3n) is 2.12. The molecule has 0 aliphatic carbocycles. The Kier molecular flexibility index (Phi) is 5.26. The van der Waals surface area contributed by atoms with E-state index in [1.54, 1.807) is 0 Å². The molecule has 1 heterocycles. The van der Waals surface area contributed by atoms with E-state index in [0.717, 1.165) is 24.4 Å². The van der Waals surface area contributed by atoms with Gasteiger partial charge in [-0.15, -0.1) is 0 Å². The van der Waals surface area contributed by atoms with Crippen LogP contribution in [0.5, 0.6) is 0 Å². The maximum Gasteiger partial charge on any atom is 0.128 e. The molecule has 0 unspecified atom stereocenters. The third kappa shape index (κ3) is 5.50. The van der Waals surface area contributed by atoms with Crippen LogP contribution in [-0.2, 0) is 12.8 Å². The Bertz CT molecular complexity index is 318. The lowest BCUT2D eigenvalue weighted by atomic mass is 10.0. The molecule has 1 aromatic rings. The summed E-state index contributed by atoms with van der Waals surface area (Å²) in [5.74, 6) is 3.31. The zero-order valence-corrected chi connectivity index (χ0v) is 11.6. The molecule has 0 aliphatic heterocycles. The molecule has 0 amide bonds. The summed E-state index contributed by atoms with van der Waals surface area (Å²) >= 11 is 2.01. The molecule has 2 nitrogen and oxygen atoms in total. The average molecular weight is 238 g/mol. The Morgan fingerprint density at radius 1 is 1.31 bits per heavy atom. The molecule has 0 radical (unpaired) electrons. The number of nitrogens with zero attached hydrogens (tertiary/aromatic N) is 2. The summed E-state index contributed by atoms with van der Waals surface area (Å²) in [7, 11) is 0. The summed E-state index contributed by atoms with van der Waals surface area (Å²) in [6.45, 7) is 8.92. The third-order valence-corrected chi connectivity index (χ3v) is 3.68. The number of hydrogen-bond donors (Lipinski definition) is 0. The quantitative estimate of drug-likeness (QED) is 0.736. The molecular formula is C13H22N2S. The number of aryl methyl sites for hydroxylation is 2. The van der Waals surface area contributed by atoms with Crippen molar-refractivity contribution in [2.24, 2.45) is 5.41 Å². The Hall–Kier alpha value is -0.570. The van der Waals surface area contributed by atoms with Gasteiger partial charge in [0.2, 0.25) is 0 Å².